The first kappa shape index (κ1) is 13.8. The number of hydrogen-bond acceptors (Lipinski definition) is 4. The van der Waals surface area contributed by atoms with Crippen LogP contribution in [0.1, 0.15) is 22.8 Å². The Hall–Kier alpha value is -2.62. The van der Waals surface area contributed by atoms with Gasteiger partial charge in [-0.2, -0.15) is 0 Å². The Morgan fingerprint density at radius 3 is 2.25 bits per heavy atom. The Kier molecular flexibility index (Phi) is 4.15. The molecule has 0 fully saturated rings. The highest BCUT2D eigenvalue weighted by Gasteiger charge is 2.12. The van der Waals surface area contributed by atoms with E-state index in [4.69, 9.17) is 0 Å². The molecule has 2 aromatic carbocycles. The van der Waals surface area contributed by atoms with Gasteiger partial charge in [0.1, 0.15) is 0 Å². The molecule has 102 valence electrons. The maximum Gasteiger partial charge on any atom is 0.386 e. The average Bonchev–Trinajstić information content (AvgIpc) is 2.45. The van der Waals surface area contributed by atoms with Crippen LogP contribution >= 0.6 is 0 Å². The molecule has 0 unspecified atom stereocenters. The van der Waals surface area contributed by atoms with Crippen molar-refractivity contribution < 1.29 is 19.4 Å². The topological polar surface area (TPSA) is 52.6 Å². The van der Waals surface area contributed by atoms with E-state index in [9.17, 15) is 9.59 Å². The first-order valence-electron chi connectivity index (χ1n) is 6.13. The monoisotopic (exact) mass is 270 g/mol. The predicted octanol–water partition coefficient (Wildman–Crippen LogP) is 3.30. The molecule has 0 saturated carbocycles. The molecule has 0 aromatic heterocycles. The van der Waals surface area contributed by atoms with Gasteiger partial charge in [-0.05, 0) is 35.7 Å². The summed E-state index contributed by atoms with van der Waals surface area (Å²) in [7, 11) is 0. The fraction of sp³-hybridized carbons (Fsp3) is 0.125. The first-order chi connectivity index (χ1) is 9.58. The van der Waals surface area contributed by atoms with Crippen LogP contribution in [0.5, 0.6) is 0 Å². The number of aryl methyl sites for hydroxylation is 1. The second-order valence-electron chi connectivity index (χ2n) is 4.34. The normalized spacial score (nSPS) is 9.90. The van der Waals surface area contributed by atoms with E-state index in [0.29, 0.717) is 5.56 Å². The van der Waals surface area contributed by atoms with E-state index >= 15 is 0 Å². The van der Waals surface area contributed by atoms with Crippen molar-refractivity contribution in [2.45, 2.75) is 13.8 Å². The highest BCUT2D eigenvalue weighted by atomic mass is 17.2. The Balaban J connectivity index is 2.22. The molecule has 4 heteroatoms. The van der Waals surface area contributed by atoms with Crippen molar-refractivity contribution in [3.05, 3.63) is 59.7 Å². The highest BCUT2D eigenvalue weighted by Crippen LogP contribution is 2.24. The number of carbonyl (C=O) groups excluding carboxylic acids is 2. The van der Waals surface area contributed by atoms with E-state index < -0.39 is 11.9 Å². The summed E-state index contributed by atoms with van der Waals surface area (Å²) in [4.78, 5) is 30.9. The van der Waals surface area contributed by atoms with Gasteiger partial charge in [0, 0.05) is 6.92 Å². The summed E-state index contributed by atoms with van der Waals surface area (Å²) >= 11 is 0. The second-order valence-corrected chi connectivity index (χ2v) is 4.34. The summed E-state index contributed by atoms with van der Waals surface area (Å²) in [6.07, 6.45) is 0. The van der Waals surface area contributed by atoms with Crippen molar-refractivity contribution in [3.63, 3.8) is 0 Å². The molecule has 0 aliphatic rings. The van der Waals surface area contributed by atoms with E-state index in [1.54, 1.807) is 12.1 Å². The van der Waals surface area contributed by atoms with Crippen molar-refractivity contribution in [1.82, 2.24) is 0 Å². The minimum atomic E-state index is -0.692. The Labute approximate surface area is 116 Å². The molecular formula is C16H14O4. The van der Waals surface area contributed by atoms with Crippen LogP contribution in [0.15, 0.2) is 48.5 Å². The van der Waals surface area contributed by atoms with E-state index in [1.165, 1.54) is 0 Å². The standard InChI is InChI=1S/C16H14O4/c1-11-10-14(16(18)20-19-12(2)17)8-9-15(11)13-6-4-3-5-7-13/h3-10H,1-2H3. The molecular weight excluding hydrogens is 256 g/mol. The molecule has 0 radical (unpaired) electrons. The highest BCUT2D eigenvalue weighted by molar-refractivity contribution is 5.90. The largest absolute Gasteiger partial charge is 0.386 e. The lowest BCUT2D eigenvalue weighted by molar-refractivity contribution is -0.231. The van der Waals surface area contributed by atoms with Gasteiger partial charge in [-0.3, -0.25) is 0 Å². The van der Waals surface area contributed by atoms with Crippen LogP contribution in [-0.4, -0.2) is 11.9 Å². The van der Waals surface area contributed by atoms with Crippen LogP contribution < -0.4 is 0 Å². The zero-order valence-electron chi connectivity index (χ0n) is 11.3. The zero-order chi connectivity index (χ0) is 14.5. The summed E-state index contributed by atoms with van der Waals surface area (Å²) in [5.74, 6) is -1.36. The van der Waals surface area contributed by atoms with Gasteiger partial charge in [0.25, 0.3) is 0 Å². The second kappa shape index (κ2) is 6.02. The minimum absolute atomic E-state index is 0.337. The van der Waals surface area contributed by atoms with Gasteiger partial charge >= 0.3 is 11.9 Å². The summed E-state index contributed by atoms with van der Waals surface area (Å²) in [5, 5.41) is 0. The predicted molar refractivity (Wildman–Crippen MR) is 73.8 cm³/mol. The fourth-order valence-corrected chi connectivity index (χ4v) is 1.88. The van der Waals surface area contributed by atoms with Gasteiger partial charge in [-0.15, -0.1) is 0 Å². The van der Waals surface area contributed by atoms with Crippen molar-refractivity contribution in [2.75, 3.05) is 0 Å². The summed E-state index contributed by atoms with van der Waals surface area (Å²) in [6, 6.07) is 15.0. The Morgan fingerprint density at radius 2 is 1.65 bits per heavy atom. The molecule has 2 rings (SSSR count). The first-order valence-corrected chi connectivity index (χ1v) is 6.13. The Morgan fingerprint density at radius 1 is 0.950 bits per heavy atom. The zero-order valence-corrected chi connectivity index (χ0v) is 11.3. The molecule has 0 amide bonds. The number of hydrogen-bond donors (Lipinski definition) is 0. The van der Waals surface area contributed by atoms with Crippen LogP contribution in [0.4, 0.5) is 0 Å². The molecule has 2 aromatic rings. The third-order valence-corrected chi connectivity index (χ3v) is 2.78. The van der Waals surface area contributed by atoms with Gasteiger partial charge in [-0.25, -0.2) is 19.4 Å². The summed E-state index contributed by atoms with van der Waals surface area (Å²) in [5.41, 5.74) is 3.39. The number of carbonyl (C=O) groups is 2. The maximum absolute atomic E-state index is 11.6. The maximum atomic E-state index is 11.6. The molecule has 0 aliphatic heterocycles. The lowest BCUT2D eigenvalue weighted by Gasteiger charge is -2.08. The summed E-state index contributed by atoms with van der Waals surface area (Å²) in [6.45, 7) is 3.07. The van der Waals surface area contributed by atoms with Crippen LogP contribution in [-0.2, 0) is 14.6 Å². The molecule has 0 spiro atoms. The van der Waals surface area contributed by atoms with Crippen molar-refractivity contribution in [3.8, 4) is 11.1 Å². The number of rotatable bonds is 2. The van der Waals surface area contributed by atoms with Crippen LogP contribution in [0.2, 0.25) is 0 Å². The van der Waals surface area contributed by atoms with Crippen molar-refractivity contribution in [1.29, 1.82) is 0 Å². The fourth-order valence-electron chi connectivity index (χ4n) is 1.88. The summed E-state index contributed by atoms with van der Waals surface area (Å²) < 4.78 is 0. The lowest BCUT2D eigenvalue weighted by atomic mass is 9.98. The molecule has 0 heterocycles. The van der Waals surface area contributed by atoms with Crippen LogP contribution in [0, 0.1) is 6.92 Å². The molecule has 0 aliphatic carbocycles. The van der Waals surface area contributed by atoms with Crippen LogP contribution in [0.25, 0.3) is 11.1 Å². The van der Waals surface area contributed by atoms with Gasteiger partial charge in [0.15, 0.2) is 0 Å². The van der Waals surface area contributed by atoms with E-state index in [-0.39, 0.29) is 0 Å². The van der Waals surface area contributed by atoms with E-state index in [0.717, 1.165) is 23.6 Å². The third kappa shape index (κ3) is 3.23. The minimum Gasteiger partial charge on any atom is -0.248 e. The van der Waals surface area contributed by atoms with Gasteiger partial charge in [-0.1, -0.05) is 36.4 Å². The molecule has 0 N–H and O–H groups in total. The van der Waals surface area contributed by atoms with Gasteiger partial charge in [0.2, 0.25) is 0 Å². The van der Waals surface area contributed by atoms with Crippen LogP contribution in [0.3, 0.4) is 0 Å². The Bertz CT molecular complexity index is 632. The third-order valence-electron chi connectivity index (χ3n) is 2.78. The molecule has 20 heavy (non-hydrogen) atoms. The molecule has 0 atom stereocenters. The van der Waals surface area contributed by atoms with Gasteiger partial charge < -0.3 is 0 Å². The van der Waals surface area contributed by atoms with Crippen molar-refractivity contribution >= 4 is 11.9 Å². The SMILES string of the molecule is CC(=O)OOC(=O)c1ccc(-c2ccccc2)c(C)c1. The number of benzene rings is 2. The molecule has 0 saturated heterocycles. The quantitative estimate of drug-likeness (QED) is 0.620. The van der Waals surface area contributed by atoms with E-state index in [1.807, 2.05) is 43.3 Å². The van der Waals surface area contributed by atoms with E-state index in [2.05, 4.69) is 9.78 Å². The molecule has 4 nitrogen and oxygen atoms in total. The smallest absolute Gasteiger partial charge is 0.248 e. The average molecular weight is 270 g/mol. The molecule has 0 bridgehead atoms. The van der Waals surface area contributed by atoms with Gasteiger partial charge in [0.05, 0.1) is 5.56 Å². The van der Waals surface area contributed by atoms with Crippen molar-refractivity contribution in [2.24, 2.45) is 0 Å². The lowest BCUT2D eigenvalue weighted by Crippen LogP contribution is -2.09.